The van der Waals surface area contributed by atoms with Crippen molar-refractivity contribution in [2.24, 2.45) is 0 Å². The summed E-state index contributed by atoms with van der Waals surface area (Å²) in [7, 11) is -9.32. The highest BCUT2D eigenvalue weighted by molar-refractivity contribution is 7.87. The van der Waals surface area contributed by atoms with E-state index in [9.17, 15) is 87.6 Å². The van der Waals surface area contributed by atoms with E-state index in [1.165, 1.54) is 0 Å². The third-order valence-electron chi connectivity index (χ3n) is 3.31. The van der Waals surface area contributed by atoms with E-state index in [1.54, 1.807) is 0 Å². The average Bonchev–Trinajstić information content (AvgIpc) is 2.27. The standard InChI is InChI=1S/C8HF17O3S/c9-1(4(11,12)13,2(10,5(14,15)16)6(17,18)19)3(7(20,21)22,8(23,24)25)29(26,27)28/h(H,26,27,28)/p-1. The zero-order valence-electron chi connectivity index (χ0n) is 12.1. The summed E-state index contributed by atoms with van der Waals surface area (Å²) in [4.78, 5) is 0. The number of rotatable bonds is 3. The van der Waals surface area contributed by atoms with Gasteiger partial charge in [0.2, 0.25) is 0 Å². The normalized spacial score (nSPS) is 18.6. The maximum Gasteiger partial charge on any atom is 0.435 e. The molecule has 176 valence electrons. The van der Waals surface area contributed by atoms with Crippen molar-refractivity contribution >= 4 is 10.1 Å². The average molecular weight is 499 g/mol. The first kappa shape index (κ1) is 27.7. The molecule has 0 aromatic carbocycles. The Kier molecular flexibility index (Phi) is 6.08. The summed E-state index contributed by atoms with van der Waals surface area (Å²) in [6.07, 6.45) is -43.7. The molecule has 0 aliphatic rings. The van der Waals surface area contributed by atoms with E-state index in [2.05, 4.69) is 0 Å². The fourth-order valence-corrected chi connectivity index (χ4v) is 3.36. The van der Waals surface area contributed by atoms with Gasteiger partial charge in [0.05, 0.1) is 0 Å². The zero-order valence-corrected chi connectivity index (χ0v) is 12.9. The fourth-order valence-electron chi connectivity index (χ4n) is 2.20. The Morgan fingerprint density at radius 1 is 0.414 bits per heavy atom. The highest BCUT2D eigenvalue weighted by Crippen LogP contribution is 2.69. The van der Waals surface area contributed by atoms with Crippen LogP contribution in [0.5, 0.6) is 0 Å². The largest absolute Gasteiger partial charge is 0.747 e. The van der Waals surface area contributed by atoms with E-state index >= 15 is 0 Å². The molecule has 0 bridgehead atoms. The van der Waals surface area contributed by atoms with Crippen molar-refractivity contribution in [2.45, 2.75) is 47.0 Å². The van der Waals surface area contributed by atoms with Crippen LogP contribution in [0.25, 0.3) is 0 Å². The lowest BCUT2D eigenvalue weighted by Crippen LogP contribution is -2.87. The van der Waals surface area contributed by atoms with Crippen molar-refractivity contribution in [2.75, 3.05) is 0 Å². The number of hydrogen-bond donors (Lipinski definition) is 0. The van der Waals surface area contributed by atoms with Crippen LogP contribution in [0, 0.1) is 0 Å². The molecule has 0 heterocycles. The molecule has 0 N–H and O–H groups in total. The van der Waals surface area contributed by atoms with E-state index in [4.69, 9.17) is 0 Å². The molecule has 0 saturated heterocycles. The molecule has 1 atom stereocenters. The lowest BCUT2D eigenvalue weighted by molar-refractivity contribution is -0.449. The SMILES string of the molecule is O=S(=O)([O-])C(C(F)(F)F)(C(F)(F)F)C(F)(C(F)(F)F)C(F)(C(F)(F)F)C(F)(F)F. The Morgan fingerprint density at radius 2 is 0.621 bits per heavy atom. The molecule has 0 amide bonds. The van der Waals surface area contributed by atoms with E-state index in [0.717, 1.165) is 0 Å². The molecule has 0 aliphatic heterocycles. The van der Waals surface area contributed by atoms with Crippen molar-refractivity contribution < 1.29 is 87.6 Å². The summed E-state index contributed by atoms with van der Waals surface area (Å²) >= 11 is 0. The molecule has 29 heavy (non-hydrogen) atoms. The van der Waals surface area contributed by atoms with Gasteiger partial charge in [-0.05, 0) is 0 Å². The van der Waals surface area contributed by atoms with Gasteiger partial charge in [-0.15, -0.1) is 0 Å². The highest BCUT2D eigenvalue weighted by Gasteiger charge is 3.03. The summed E-state index contributed by atoms with van der Waals surface area (Å²) in [5.41, 5.74) is -18.8. The van der Waals surface area contributed by atoms with Crippen LogP contribution in [0.3, 0.4) is 0 Å². The van der Waals surface area contributed by atoms with Gasteiger partial charge in [0.1, 0.15) is 10.1 Å². The first-order valence-electron chi connectivity index (χ1n) is 5.67. The van der Waals surface area contributed by atoms with Gasteiger partial charge in [-0.1, -0.05) is 0 Å². The smallest absolute Gasteiger partial charge is 0.435 e. The molecule has 0 aliphatic carbocycles. The predicted octanol–water partition coefficient (Wildman–Crippen LogP) is 4.50. The Balaban J connectivity index is 8.47. The molecule has 21 heteroatoms. The summed E-state index contributed by atoms with van der Waals surface area (Å²) in [5.74, 6) is 0. The molecule has 0 rings (SSSR count). The van der Waals surface area contributed by atoms with E-state index < -0.39 is 57.1 Å². The van der Waals surface area contributed by atoms with Crippen molar-refractivity contribution in [3.63, 3.8) is 0 Å². The van der Waals surface area contributed by atoms with Gasteiger partial charge in [-0.3, -0.25) is 0 Å². The van der Waals surface area contributed by atoms with Crippen LogP contribution in [-0.2, 0) is 10.1 Å². The fraction of sp³-hybridized carbons (Fsp3) is 1.00. The summed E-state index contributed by atoms with van der Waals surface area (Å²) in [6, 6.07) is 0. The molecule has 3 nitrogen and oxygen atoms in total. The van der Waals surface area contributed by atoms with Crippen LogP contribution in [0.1, 0.15) is 0 Å². The number of alkyl halides is 17. The van der Waals surface area contributed by atoms with Crippen molar-refractivity contribution in [1.82, 2.24) is 0 Å². The van der Waals surface area contributed by atoms with Crippen LogP contribution < -0.4 is 0 Å². The van der Waals surface area contributed by atoms with E-state index in [-0.39, 0.29) is 0 Å². The maximum atomic E-state index is 14.2. The van der Waals surface area contributed by atoms with E-state index in [1.807, 2.05) is 0 Å². The predicted molar refractivity (Wildman–Crippen MR) is 50.4 cm³/mol. The second kappa shape index (κ2) is 6.36. The maximum absolute atomic E-state index is 14.2. The van der Waals surface area contributed by atoms with Crippen LogP contribution in [0.4, 0.5) is 74.6 Å². The van der Waals surface area contributed by atoms with Gasteiger partial charge >= 0.3 is 36.6 Å². The second-order valence-corrected chi connectivity index (χ2v) is 6.46. The van der Waals surface area contributed by atoms with Gasteiger partial charge < -0.3 is 4.55 Å². The van der Waals surface area contributed by atoms with Crippen molar-refractivity contribution in [3.05, 3.63) is 0 Å². The molecular weight excluding hydrogens is 499 g/mol. The van der Waals surface area contributed by atoms with E-state index in [0.29, 0.717) is 0 Å². The highest BCUT2D eigenvalue weighted by atomic mass is 32.2. The monoisotopic (exact) mass is 499 g/mol. The van der Waals surface area contributed by atoms with Crippen molar-refractivity contribution in [3.8, 4) is 0 Å². The molecule has 1 unspecified atom stereocenters. The Morgan fingerprint density at radius 3 is 0.724 bits per heavy atom. The van der Waals surface area contributed by atoms with Crippen LogP contribution in [0.2, 0.25) is 0 Å². The minimum absolute atomic E-state index is 8.65. The van der Waals surface area contributed by atoms with Crippen LogP contribution in [-0.4, -0.2) is 59.9 Å². The molecule has 0 fully saturated rings. The van der Waals surface area contributed by atoms with Gasteiger partial charge in [-0.25, -0.2) is 17.2 Å². The zero-order chi connectivity index (χ0) is 24.5. The first-order chi connectivity index (χ1) is 12.0. The number of halogens is 17. The van der Waals surface area contributed by atoms with Crippen LogP contribution in [0.15, 0.2) is 0 Å². The molecule has 0 radical (unpaired) electrons. The van der Waals surface area contributed by atoms with Gasteiger partial charge in [0.25, 0.3) is 10.4 Å². The first-order valence-corrected chi connectivity index (χ1v) is 7.08. The second-order valence-electron chi connectivity index (χ2n) is 4.94. The lowest BCUT2D eigenvalue weighted by atomic mass is 9.72. The molecule has 0 spiro atoms. The Bertz CT molecular complexity index is 690. The molecule has 0 aromatic rings. The van der Waals surface area contributed by atoms with Gasteiger partial charge in [0.15, 0.2) is 0 Å². The minimum atomic E-state index is -9.54. The third kappa shape index (κ3) is 3.26. The summed E-state index contributed by atoms with van der Waals surface area (Å²) < 4.78 is 240. The molecular formula is C8F17O3S-. The third-order valence-corrected chi connectivity index (χ3v) is 4.80. The van der Waals surface area contributed by atoms with Gasteiger partial charge in [-0.2, -0.15) is 65.9 Å². The lowest BCUT2D eigenvalue weighted by Gasteiger charge is -2.52. The van der Waals surface area contributed by atoms with Crippen LogP contribution >= 0.6 is 0 Å². The van der Waals surface area contributed by atoms with Gasteiger partial charge in [0, 0.05) is 0 Å². The Hall–Kier alpha value is -1.28. The summed E-state index contributed by atoms with van der Waals surface area (Å²) in [5, 5.41) is 0. The molecule has 0 aromatic heterocycles. The quantitative estimate of drug-likeness (QED) is 0.425. The molecule has 0 saturated carbocycles. The number of hydrogen-bond acceptors (Lipinski definition) is 3. The Labute approximate surface area is 146 Å². The summed E-state index contributed by atoms with van der Waals surface area (Å²) in [6.45, 7) is 0. The topological polar surface area (TPSA) is 57.2 Å². The minimum Gasteiger partial charge on any atom is -0.747 e. The van der Waals surface area contributed by atoms with Crippen molar-refractivity contribution in [1.29, 1.82) is 0 Å².